The van der Waals surface area contributed by atoms with E-state index in [1.165, 1.54) is 6.07 Å². The molecule has 2 aromatic heterocycles. The van der Waals surface area contributed by atoms with Gasteiger partial charge in [0.05, 0.1) is 17.2 Å². The number of aromatic nitrogens is 2. The molecule has 6 nitrogen and oxygen atoms in total. The van der Waals surface area contributed by atoms with Crippen molar-refractivity contribution in [3.05, 3.63) is 40.1 Å². The SMILES string of the molecule is CCCC(F)(F)c1cc2c(cn1)C(C)(C)CN2C(=O)CN1C[C@@H](C)NC[C@@H]1Cc1nccs1. The first-order valence-electron chi connectivity index (χ1n) is 11.7. The number of hydrogen-bond acceptors (Lipinski definition) is 6. The van der Waals surface area contributed by atoms with Crippen LogP contribution in [-0.2, 0) is 22.6 Å². The highest BCUT2D eigenvalue weighted by atomic mass is 32.1. The smallest absolute Gasteiger partial charge is 0.289 e. The van der Waals surface area contributed by atoms with Gasteiger partial charge in [-0.3, -0.25) is 14.7 Å². The molecule has 33 heavy (non-hydrogen) atoms. The third kappa shape index (κ3) is 5.10. The van der Waals surface area contributed by atoms with Crippen molar-refractivity contribution in [3.63, 3.8) is 0 Å². The lowest BCUT2D eigenvalue weighted by molar-refractivity contribution is -0.120. The number of alkyl halides is 2. The molecule has 0 unspecified atom stereocenters. The number of thiazole rings is 1. The number of pyridine rings is 1. The van der Waals surface area contributed by atoms with Gasteiger partial charge in [0.2, 0.25) is 5.91 Å². The van der Waals surface area contributed by atoms with Crippen molar-refractivity contribution in [1.82, 2.24) is 20.2 Å². The summed E-state index contributed by atoms with van der Waals surface area (Å²) in [5, 5.41) is 6.52. The lowest BCUT2D eigenvalue weighted by atomic mass is 9.88. The standard InChI is InChI=1S/C24H33F2N5OS/c1-5-6-24(25,26)20-10-19-18(12-29-20)23(3,4)15-31(19)22(32)14-30-13-16(2)28-11-17(30)9-21-27-7-8-33-21/h7-8,10,12,16-17,28H,5-6,9,11,13-15H2,1-4H3/t16-,17+/m1/s1. The molecule has 180 valence electrons. The molecule has 2 aliphatic heterocycles. The van der Waals surface area contributed by atoms with E-state index in [1.807, 2.05) is 19.2 Å². The topological polar surface area (TPSA) is 61.4 Å². The highest BCUT2D eigenvalue weighted by molar-refractivity contribution is 7.09. The van der Waals surface area contributed by atoms with Crippen LogP contribution in [0, 0.1) is 0 Å². The molecule has 1 saturated heterocycles. The van der Waals surface area contributed by atoms with E-state index in [0.717, 1.165) is 30.1 Å². The van der Waals surface area contributed by atoms with E-state index in [-0.39, 0.29) is 42.1 Å². The number of carbonyl (C=O) groups is 1. The third-order valence-corrected chi connectivity index (χ3v) is 7.46. The molecule has 1 amide bonds. The van der Waals surface area contributed by atoms with E-state index in [0.29, 0.717) is 18.7 Å². The molecule has 1 N–H and O–H groups in total. The minimum atomic E-state index is -3.00. The quantitative estimate of drug-likeness (QED) is 0.654. The minimum absolute atomic E-state index is 0.0592. The van der Waals surface area contributed by atoms with Crippen LogP contribution in [-0.4, -0.2) is 59.0 Å². The van der Waals surface area contributed by atoms with Crippen LogP contribution in [0.15, 0.2) is 23.8 Å². The van der Waals surface area contributed by atoms with Gasteiger partial charge >= 0.3 is 0 Å². The molecule has 0 aromatic carbocycles. The number of piperazine rings is 1. The molecule has 4 heterocycles. The first-order valence-corrected chi connectivity index (χ1v) is 12.5. The van der Waals surface area contributed by atoms with Gasteiger partial charge in [-0.15, -0.1) is 11.3 Å². The number of anilines is 1. The second kappa shape index (κ2) is 9.35. The molecule has 0 saturated carbocycles. The van der Waals surface area contributed by atoms with Gasteiger partial charge in [0.25, 0.3) is 5.92 Å². The average molecular weight is 478 g/mol. The second-order valence-electron chi connectivity index (χ2n) is 9.93. The Bertz CT molecular complexity index is 981. The molecule has 2 aromatic rings. The normalized spacial score (nSPS) is 23.0. The molecular formula is C24H33F2N5OS. The number of halogens is 2. The number of nitrogens with one attached hydrogen (secondary N) is 1. The lowest BCUT2D eigenvalue weighted by Crippen LogP contribution is -2.58. The molecular weight excluding hydrogens is 444 g/mol. The van der Waals surface area contributed by atoms with Crippen molar-refractivity contribution < 1.29 is 13.6 Å². The largest absolute Gasteiger partial charge is 0.311 e. The Hall–Kier alpha value is -1.97. The van der Waals surface area contributed by atoms with E-state index in [1.54, 1.807) is 35.6 Å². The zero-order valence-electron chi connectivity index (χ0n) is 19.8. The van der Waals surface area contributed by atoms with Crippen LogP contribution in [0.4, 0.5) is 14.5 Å². The Labute approximate surface area is 198 Å². The molecule has 0 spiro atoms. The molecule has 2 atom stereocenters. The Morgan fingerprint density at radius 2 is 2.15 bits per heavy atom. The van der Waals surface area contributed by atoms with Crippen LogP contribution in [0.2, 0.25) is 0 Å². The summed E-state index contributed by atoms with van der Waals surface area (Å²) in [6.45, 7) is 10.2. The van der Waals surface area contributed by atoms with Gasteiger partial charge in [-0.1, -0.05) is 27.2 Å². The first kappa shape index (κ1) is 24.2. The number of rotatable bonds is 7. The van der Waals surface area contributed by atoms with Crippen molar-refractivity contribution in [2.75, 3.05) is 31.1 Å². The van der Waals surface area contributed by atoms with Crippen LogP contribution in [0.25, 0.3) is 0 Å². The predicted molar refractivity (Wildman–Crippen MR) is 127 cm³/mol. The Morgan fingerprint density at radius 3 is 2.85 bits per heavy atom. The Kier molecular flexibility index (Phi) is 6.85. The number of carbonyl (C=O) groups excluding carboxylic acids is 1. The first-order chi connectivity index (χ1) is 15.6. The highest BCUT2D eigenvalue weighted by Gasteiger charge is 2.42. The van der Waals surface area contributed by atoms with Gasteiger partial charge in [-0.2, -0.15) is 8.78 Å². The third-order valence-electron chi connectivity index (χ3n) is 6.65. The summed E-state index contributed by atoms with van der Waals surface area (Å²) in [5.74, 6) is -3.06. The van der Waals surface area contributed by atoms with Crippen LogP contribution < -0.4 is 10.2 Å². The van der Waals surface area contributed by atoms with Crippen molar-refractivity contribution in [1.29, 1.82) is 0 Å². The summed E-state index contributed by atoms with van der Waals surface area (Å²) >= 11 is 1.62. The minimum Gasteiger partial charge on any atom is -0.311 e. The lowest BCUT2D eigenvalue weighted by Gasteiger charge is -2.39. The van der Waals surface area contributed by atoms with Gasteiger partial charge in [-0.05, 0) is 13.0 Å². The molecule has 0 aliphatic carbocycles. The maximum Gasteiger partial charge on any atom is 0.289 e. The summed E-state index contributed by atoms with van der Waals surface area (Å²) < 4.78 is 29.2. The molecule has 0 bridgehead atoms. The summed E-state index contributed by atoms with van der Waals surface area (Å²) in [4.78, 5) is 26.0. The van der Waals surface area contributed by atoms with E-state index in [2.05, 4.69) is 27.1 Å². The van der Waals surface area contributed by atoms with Crippen molar-refractivity contribution in [2.45, 2.75) is 70.4 Å². The zero-order chi connectivity index (χ0) is 23.8. The van der Waals surface area contributed by atoms with E-state index < -0.39 is 5.92 Å². The van der Waals surface area contributed by atoms with Crippen LogP contribution in [0.1, 0.15) is 56.8 Å². The number of amides is 1. The van der Waals surface area contributed by atoms with Crippen molar-refractivity contribution in [3.8, 4) is 0 Å². The second-order valence-corrected chi connectivity index (χ2v) is 10.9. The van der Waals surface area contributed by atoms with Gasteiger partial charge in [0.15, 0.2) is 0 Å². The van der Waals surface area contributed by atoms with E-state index in [9.17, 15) is 13.6 Å². The molecule has 1 fully saturated rings. The fourth-order valence-electron chi connectivity index (χ4n) is 4.86. The van der Waals surface area contributed by atoms with Crippen LogP contribution in [0.5, 0.6) is 0 Å². The van der Waals surface area contributed by atoms with Crippen molar-refractivity contribution >= 4 is 22.9 Å². The molecule has 0 radical (unpaired) electrons. The van der Waals surface area contributed by atoms with Crippen molar-refractivity contribution in [2.24, 2.45) is 0 Å². The predicted octanol–water partition coefficient (Wildman–Crippen LogP) is 3.96. The fraction of sp³-hybridized carbons (Fsp3) is 0.625. The average Bonchev–Trinajstić information content (AvgIpc) is 3.35. The van der Waals surface area contributed by atoms with Crippen LogP contribution >= 0.6 is 11.3 Å². The highest BCUT2D eigenvalue weighted by Crippen LogP contribution is 2.43. The zero-order valence-corrected chi connectivity index (χ0v) is 20.6. The molecule has 2 aliphatic rings. The summed E-state index contributed by atoms with van der Waals surface area (Å²) in [6, 6.07) is 1.87. The summed E-state index contributed by atoms with van der Waals surface area (Å²) in [5.41, 5.74) is 0.828. The van der Waals surface area contributed by atoms with Gasteiger partial charge in [0, 0.05) is 73.3 Å². The Balaban J connectivity index is 1.57. The molecule has 4 rings (SSSR count). The van der Waals surface area contributed by atoms with Gasteiger partial charge in [-0.25, -0.2) is 4.98 Å². The van der Waals surface area contributed by atoms with Gasteiger partial charge in [0.1, 0.15) is 5.69 Å². The summed E-state index contributed by atoms with van der Waals surface area (Å²) in [6.07, 6.45) is 4.23. The number of hydrogen-bond donors (Lipinski definition) is 1. The van der Waals surface area contributed by atoms with Gasteiger partial charge < -0.3 is 10.2 Å². The maximum absolute atomic E-state index is 14.6. The Morgan fingerprint density at radius 1 is 1.36 bits per heavy atom. The monoisotopic (exact) mass is 477 g/mol. The summed E-state index contributed by atoms with van der Waals surface area (Å²) in [7, 11) is 0. The molecule has 9 heteroatoms. The maximum atomic E-state index is 14.6. The number of fused-ring (bicyclic) bond motifs is 1. The fourth-order valence-corrected chi connectivity index (χ4v) is 5.55. The van der Waals surface area contributed by atoms with Crippen LogP contribution in [0.3, 0.4) is 0 Å². The van der Waals surface area contributed by atoms with E-state index in [4.69, 9.17) is 0 Å². The number of nitrogens with zero attached hydrogens (tertiary/aromatic N) is 4. The van der Waals surface area contributed by atoms with E-state index >= 15 is 0 Å².